The lowest BCUT2D eigenvalue weighted by Crippen LogP contribution is -2.43. The number of carbonyl (C=O) groups is 1. The molecule has 3 aromatic heterocycles. The number of ether oxygens (including phenoxy) is 1. The smallest absolute Gasteiger partial charge is 0.332 e. The molecule has 0 spiro atoms. The van der Waals surface area contributed by atoms with Gasteiger partial charge in [-0.1, -0.05) is 25.2 Å². The summed E-state index contributed by atoms with van der Waals surface area (Å²) in [5.74, 6) is -0.0532. The molecule has 0 radical (unpaired) electrons. The second-order valence-electron chi connectivity index (χ2n) is 9.73. The maximum atomic E-state index is 14.0. The standard InChI is InChI=1S/C26H29FN6O4S/c1-15(2)22(34)30-11-8-19(14-30)32-23(35)21-16(3)24(33-28-9-10-29-33)38-25(21)31(26(32)36)12-7-17-13-18(27)5-6-20(17)37-4/h5-6,9-10,13,15,19H,7-8,11-12,14H2,1-4H3/t19-/m1/s1. The minimum atomic E-state index is -0.456. The summed E-state index contributed by atoms with van der Waals surface area (Å²) in [6, 6.07) is 3.83. The first-order valence-corrected chi connectivity index (χ1v) is 13.3. The fourth-order valence-corrected chi connectivity index (χ4v) is 6.31. The van der Waals surface area contributed by atoms with E-state index in [-0.39, 0.29) is 23.9 Å². The molecule has 0 saturated carbocycles. The summed E-state index contributed by atoms with van der Waals surface area (Å²) >= 11 is 1.26. The van der Waals surface area contributed by atoms with E-state index in [1.165, 1.54) is 39.9 Å². The third kappa shape index (κ3) is 4.42. The first-order chi connectivity index (χ1) is 18.2. The Balaban J connectivity index is 1.65. The van der Waals surface area contributed by atoms with E-state index in [0.29, 0.717) is 58.0 Å². The van der Waals surface area contributed by atoms with Gasteiger partial charge in [-0.15, -0.1) is 4.80 Å². The van der Waals surface area contributed by atoms with Crippen molar-refractivity contribution in [2.24, 2.45) is 5.92 Å². The Hall–Kier alpha value is -3.80. The molecule has 0 N–H and O–H groups in total. The van der Waals surface area contributed by atoms with E-state index in [2.05, 4.69) is 10.2 Å². The number of aromatic nitrogens is 5. The summed E-state index contributed by atoms with van der Waals surface area (Å²) in [5.41, 5.74) is 0.441. The third-order valence-corrected chi connectivity index (χ3v) is 8.28. The van der Waals surface area contributed by atoms with Crippen LogP contribution in [0, 0.1) is 18.7 Å². The molecule has 0 unspecified atom stereocenters. The predicted octanol–water partition coefficient (Wildman–Crippen LogP) is 2.93. The molecule has 4 heterocycles. The molecular weight excluding hydrogens is 511 g/mol. The second-order valence-corrected chi connectivity index (χ2v) is 10.7. The summed E-state index contributed by atoms with van der Waals surface area (Å²) in [4.78, 5) is 44.1. The normalized spacial score (nSPS) is 15.6. The van der Waals surface area contributed by atoms with Gasteiger partial charge in [0.25, 0.3) is 5.56 Å². The van der Waals surface area contributed by atoms with Crippen LogP contribution in [0.5, 0.6) is 5.75 Å². The number of thiophene rings is 1. The molecule has 12 heteroatoms. The zero-order chi connectivity index (χ0) is 27.1. The number of nitrogens with zero attached hydrogens (tertiary/aromatic N) is 6. The van der Waals surface area contributed by atoms with Crippen LogP contribution >= 0.6 is 11.3 Å². The van der Waals surface area contributed by atoms with E-state index in [4.69, 9.17) is 4.74 Å². The minimum absolute atomic E-state index is 0.00101. The maximum absolute atomic E-state index is 14.0. The minimum Gasteiger partial charge on any atom is -0.496 e. The molecule has 1 aliphatic heterocycles. The van der Waals surface area contributed by atoms with Crippen LogP contribution in [-0.2, 0) is 17.8 Å². The summed E-state index contributed by atoms with van der Waals surface area (Å²) in [5, 5.41) is 9.48. The Morgan fingerprint density at radius 2 is 1.97 bits per heavy atom. The van der Waals surface area contributed by atoms with Crippen LogP contribution in [0.4, 0.5) is 4.39 Å². The average molecular weight is 541 g/mol. The van der Waals surface area contributed by atoms with Crippen LogP contribution in [0.3, 0.4) is 0 Å². The fourth-order valence-electron chi connectivity index (χ4n) is 5.08. The van der Waals surface area contributed by atoms with Gasteiger partial charge in [0.2, 0.25) is 5.91 Å². The zero-order valence-electron chi connectivity index (χ0n) is 21.7. The van der Waals surface area contributed by atoms with Crippen LogP contribution in [0.1, 0.15) is 37.4 Å². The van der Waals surface area contributed by atoms with Gasteiger partial charge in [0.05, 0.1) is 30.9 Å². The summed E-state index contributed by atoms with van der Waals surface area (Å²) < 4.78 is 22.3. The van der Waals surface area contributed by atoms with Crippen molar-refractivity contribution < 1.29 is 13.9 Å². The summed E-state index contributed by atoms with van der Waals surface area (Å²) in [6.45, 7) is 6.46. The molecule has 10 nitrogen and oxygen atoms in total. The number of hydrogen-bond acceptors (Lipinski definition) is 7. The van der Waals surface area contributed by atoms with Crippen molar-refractivity contribution in [2.75, 3.05) is 20.2 Å². The highest BCUT2D eigenvalue weighted by molar-refractivity contribution is 7.21. The van der Waals surface area contributed by atoms with E-state index in [1.807, 2.05) is 20.8 Å². The Labute approximate surface area is 221 Å². The van der Waals surface area contributed by atoms with Gasteiger partial charge in [-0.3, -0.25) is 18.7 Å². The van der Waals surface area contributed by atoms with Crippen molar-refractivity contribution in [1.29, 1.82) is 0 Å². The molecule has 0 aliphatic carbocycles. The third-order valence-electron chi connectivity index (χ3n) is 7.00. The molecule has 1 amide bonds. The Kier molecular flexibility index (Phi) is 6.91. The molecule has 1 saturated heterocycles. The van der Waals surface area contributed by atoms with Crippen LogP contribution in [0.25, 0.3) is 15.2 Å². The Bertz CT molecular complexity index is 1620. The molecule has 1 aliphatic rings. The van der Waals surface area contributed by atoms with Crippen molar-refractivity contribution in [3.63, 3.8) is 0 Å². The number of carbonyl (C=O) groups excluding carboxylic acids is 1. The lowest BCUT2D eigenvalue weighted by atomic mass is 10.1. The van der Waals surface area contributed by atoms with Crippen molar-refractivity contribution in [1.82, 2.24) is 29.0 Å². The monoisotopic (exact) mass is 540 g/mol. The average Bonchev–Trinajstić information content (AvgIpc) is 3.64. The number of benzene rings is 1. The van der Waals surface area contributed by atoms with E-state index in [1.54, 1.807) is 27.9 Å². The fraction of sp³-hybridized carbons (Fsp3) is 0.423. The summed E-state index contributed by atoms with van der Waals surface area (Å²) in [6.07, 6.45) is 3.91. The molecule has 200 valence electrons. The van der Waals surface area contributed by atoms with Gasteiger partial charge in [-0.05, 0) is 43.5 Å². The largest absolute Gasteiger partial charge is 0.496 e. The van der Waals surface area contributed by atoms with Gasteiger partial charge >= 0.3 is 5.69 Å². The highest BCUT2D eigenvalue weighted by atomic mass is 32.1. The molecule has 1 atom stereocenters. The Morgan fingerprint density at radius 1 is 1.24 bits per heavy atom. The van der Waals surface area contributed by atoms with Crippen molar-refractivity contribution in [3.8, 4) is 10.8 Å². The van der Waals surface area contributed by atoms with E-state index < -0.39 is 17.5 Å². The van der Waals surface area contributed by atoms with Crippen molar-refractivity contribution in [3.05, 3.63) is 68.4 Å². The number of fused-ring (bicyclic) bond motifs is 1. The van der Waals surface area contributed by atoms with Gasteiger partial charge < -0.3 is 9.64 Å². The molecular formula is C26H29FN6O4S. The molecule has 1 aromatic carbocycles. The Morgan fingerprint density at radius 3 is 2.66 bits per heavy atom. The highest BCUT2D eigenvalue weighted by Gasteiger charge is 2.32. The molecule has 5 rings (SSSR count). The topological polar surface area (TPSA) is 104 Å². The number of methoxy groups -OCH3 is 1. The molecule has 0 bridgehead atoms. The zero-order valence-corrected chi connectivity index (χ0v) is 22.5. The van der Waals surface area contributed by atoms with Crippen molar-refractivity contribution >= 4 is 27.5 Å². The first kappa shape index (κ1) is 25.8. The second kappa shape index (κ2) is 10.2. The van der Waals surface area contributed by atoms with Gasteiger partial charge in [0, 0.05) is 31.1 Å². The van der Waals surface area contributed by atoms with Crippen LogP contribution < -0.4 is 16.0 Å². The van der Waals surface area contributed by atoms with Crippen LogP contribution in [0.2, 0.25) is 0 Å². The van der Waals surface area contributed by atoms with E-state index >= 15 is 0 Å². The van der Waals surface area contributed by atoms with E-state index in [0.717, 1.165) is 0 Å². The number of amides is 1. The number of halogens is 1. The number of rotatable bonds is 7. The quantitative estimate of drug-likeness (QED) is 0.357. The first-order valence-electron chi connectivity index (χ1n) is 12.5. The SMILES string of the molecule is COc1ccc(F)cc1CCn1c(=O)n([C@@H]2CCN(C(=O)C(C)C)C2)c(=O)c2c(C)c(-n3nccn3)sc21. The lowest BCUT2D eigenvalue weighted by Gasteiger charge is -2.20. The van der Waals surface area contributed by atoms with Crippen LogP contribution in [0.15, 0.2) is 40.2 Å². The predicted molar refractivity (Wildman–Crippen MR) is 142 cm³/mol. The van der Waals surface area contributed by atoms with Gasteiger partial charge in [-0.2, -0.15) is 10.2 Å². The van der Waals surface area contributed by atoms with E-state index in [9.17, 15) is 18.8 Å². The molecule has 38 heavy (non-hydrogen) atoms. The number of likely N-dealkylation sites (tertiary alicyclic amines) is 1. The molecule has 4 aromatic rings. The van der Waals surface area contributed by atoms with Gasteiger partial charge in [-0.25, -0.2) is 9.18 Å². The van der Waals surface area contributed by atoms with Gasteiger partial charge in [0.15, 0.2) is 0 Å². The lowest BCUT2D eigenvalue weighted by molar-refractivity contribution is -0.133. The summed E-state index contributed by atoms with van der Waals surface area (Å²) in [7, 11) is 1.51. The van der Waals surface area contributed by atoms with Crippen molar-refractivity contribution in [2.45, 2.75) is 46.2 Å². The number of aryl methyl sites for hydroxylation is 3. The number of hydrogen-bond donors (Lipinski definition) is 0. The highest BCUT2D eigenvalue weighted by Crippen LogP contribution is 2.31. The molecule has 1 fully saturated rings. The van der Waals surface area contributed by atoms with Crippen LogP contribution in [-0.4, -0.2) is 55.1 Å². The maximum Gasteiger partial charge on any atom is 0.332 e. The van der Waals surface area contributed by atoms with Gasteiger partial charge in [0.1, 0.15) is 21.4 Å².